The van der Waals surface area contributed by atoms with Crippen LogP contribution < -0.4 is 0 Å². The molecule has 0 spiro atoms. The van der Waals surface area contributed by atoms with Crippen LogP contribution in [0, 0.1) is 34.0 Å². The second-order valence-electron chi connectivity index (χ2n) is 10.9. The van der Waals surface area contributed by atoms with E-state index in [9.17, 15) is 18.3 Å². The second-order valence-corrected chi connectivity index (χ2v) is 13.2. The number of ether oxygens (including phenoxy) is 1. The molecule has 0 bridgehead atoms. The lowest BCUT2D eigenvalue weighted by molar-refractivity contribution is -0.141. The number of carboxylic acid groups (broad SMARTS) is 1. The van der Waals surface area contributed by atoms with Gasteiger partial charge in [-0.15, -0.1) is 0 Å². The number of allylic oxidation sites excluding steroid dienone is 1. The van der Waals surface area contributed by atoms with Crippen molar-refractivity contribution >= 4 is 15.8 Å². The first-order valence-electron chi connectivity index (χ1n) is 10.8. The number of hydrogen-bond donors (Lipinski definition) is 1. The van der Waals surface area contributed by atoms with Gasteiger partial charge < -0.3 is 9.84 Å². The lowest BCUT2D eigenvalue weighted by atomic mass is 9.41. The highest BCUT2D eigenvalue weighted by Crippen LogP contribution is 2.69. The average Bonchev–Trinajstić information content (AvgIpc) is 2.62. The van der Waals surface area contributed by atoms with Crippen molar-refractivity contribution in [2.45, 2.75) is 65.0 Å². The number of methoxy groups -OCH3 is 1. The zero-order valence-electron chi connectivity index (χ0n) is 18.2. The molecule has 1 aliphatic heterocycles. The summed E-state index contributed by atoms with van der Waals surface area (Å²) in [5, 5.41) is 8.69. The molecule has 2 unspecified atom stereocenters. The standard InChI is InChI=1S/C23H34O5S/c1-21(2)8-6-9-22(3)17(21)7-10-23(4)18(22)13-29(26,27)16-12-14(20(24)25)11-15(28-5)19(16)23/h11-12,16-19H,6-10,13H2,1-5H3,(H,24,25)/t16?,17-,18+,19?,22-,23+/m0/s1. The van der Waals surface area contributed by atoms with E-state index in [0.717, 1.165) is 25.7 Å². The van der Waals surface area contributed by atoms with Crippen LogP contribution in [0.5, 0.6) is 0 Å². The van der Waals surface area contributed by atoms with Gasteiger partial charge in [0.25, 0.3) is 0 Å². The number of rotatable bonds is 2. The summed E-state index contributed by atoms with van der Waals surface area (Å²) < 4.78 is 32.7. The summed E-state index contributed by atoms with van der Waals surface area (Å²) in [5.41, 5.74) is -0.00972. The van der Waals surface area contributed by atoms with Gasteiger partial charge >= 0.3 is 5.97 Å². The third-order valence-corrected chi connectivity index (χ3v) is 11.2. The Morgan fingerprint density at radius 2 is 1.79 bits per heavy atom. The Morgan fingerprint density at radius 1 is 1.10 bits per heavy atom. The van der Waals surface area contributed by atoms with Gasteiger partial charge in [0.2, 0.25) is 0 Å². The van der Waals surface area contributed by atoms with E-state index in [2.05, 4.69) is 27.7 Å². The summed E-state index contributed by atoms with van der Waals surface area (Å²) in [5.74, 6) is -0.195. The van der Waals surface area contributed by atoms with Gasteiger partial charge in [-0.1, -0.05) is 40.2 Å². The third-order valence-electron chi connectivity index (χ3n) is 9.12. The molecule has 0 amide bonds. The minimum Gasteiger partial charge on any atom is -0.501 e. The van der Waals surface area contributed by atoms with E-state index in [0.29, 0.717) is 11.7 Å². The number of hydrogen-bond acceptors (Lipinski definition) is 4. The molecule has 1 N–H and O–H groups in total. The largest absolute Gasteiger partial charge is 0.501 e. The maximum absolute atomic E-state index is 13.5. The highest BCUT2D eigenvalue weighted by Gasteiger charge is 2.66. The van der Waals surface area contributed by atoms with Gasteiger partial charge in [0, 0.05) is 5.92 Å². The molecule has 0 aromatic carbocycles. The van der Waals surface area contributed by atoms with Crippen molar-refractivity contribution in [2.24, 2.45) is 34.0 Å². The van der Waals surface area contributed by atoms with E-state index >= 15 is 0 Å². The number of fused-ring (bicyclic) bond motifs is 5. The van der Waals surface area contributed by atoms with Crippen LogP contribution in [0.1, 0.15) is 59.8 Å². The summed E-state index contributed by atoms with van der Waals surface area (Å²) in [4.78, 5) is 11.6. The Labute approximate surface area is 174 Å². The van der Waals surface area contributed by atoms with E-state index in [1.165, 1.54) is 19.6 Å². The maximum Gasteiger partial charge on any atom is 0.335 e. The fourth-order valence-corrected chi connectivity index (χ4v) is 10.5. The fourth-order valence-electron chi connectivity index (χ4n) is 7.84. The predicted octanol–water partition coefficient (Wildman–Crippen LogP) is 4.20. The molecule has 4 rings (SSSR count). The zero-order valence-corrected chi connectivity index (χ0v) is 19.0. The molecular formula is C23H34O5S. The summed E-state index contributed by atoms with van der Waals surface area (Å²) in [6.45, 7) is 9.26. The van der Waals surface area contributed by atoms with Crippen molar-refractivity contribution in [1.29, 1.82) is 0 Å². The van der Waals surface area contributed by atoms with E-state index < -0.39 is 21.1 Å². The molecule has 6 heteroatoms. The summed E-state index contributed by atoms with van der Waals surface area (Å²) in [6.07, 6.45) is 8.45. The van der Waals surface area contributed by atoms with Gasteiger partial charge in [0.1, 0.15) is 5.76 Å². The van der Waals surface area contributed by atoms with Crippen LogP contribution in [-0.2, 0) is 19.4 Å². The van der Waals surface area contributed by atoms with Crippen molar-refractivity contribution in [3.05, 3.63) is 23.5 Å². The zero-order chi connectivity index (χ0) is 21.4. The van der Waals surface area contributed by atoms with E-state index in [-0.39, 0.29) is 39.4 Å². The molecule has 4 aliphatic rings. The summed E-state index contributed by atoms with van der Waals surface area (Å²) in [7, 11) is -1.96. The molecule has 6 atom stereocenters. The number of carboxylic acids is 1. The van der Waals surface area contributed by atoms with Crippen LogP contribution in [0.3, 0.4) is 0 Å². The highest BCUT2D eigenvalue weighted by atomic mass is 32.2. The molecule has 1 heterocycles. The molecule has 0 aromatic heterocycles. The first kappa shape index (κ1) is 21.0. The van der Waals surface area contributed by atoms with E-state index in [1.807, 2.05) is 0 Å². The van der Waals surface area contributed by atoms with Gasteiger partial charge in [0.15, 0.2) is 9.84 Å². The predicted molar refractivity (Wildman–Crippen MR) is 112 cm³/mol. The van der Waals surface area contributed by atoms with Crippen LogP contribution in [0.2, 0.25) is 0 Å². The van der Waals surface area contributed by atoms with E-state index in [1.54, 1.807) is 6.08 Å². The SMILES string of the molecule is COC1=CC(C(=O)O)=CC2C1[C@]1(C)CC[C@H]3C(C)(C)CCC[C@]3(C)[C@H]1CS2(=O)=O. The van der Waals surface area contributed by atoms with Gasteiger partial charge in [0.05, 0.1) is 23.7 Å². The lowest BCUT2D eigenvalue weighted by Crippen LogP contribution is -2.64. The topological polar surface area (TPSA) is 80.7 Å². The first-order chi connectivity index (χ1) is 13.4. The van der Waals surface area contributed by atoms with Crippen LogP contribution in [0.4, 0.5) is 0 Å². The van der Waals surface area contributed by atoms with Gasteiger partial charge in [-0.3, -0.25) is 0 Å². The molecule has 1 saturated heterocycles. The number of carbonyl (C=O) groups is 1. The van der Waals surface area contributed by atoms with Gasteiger partial charge in [-0.25, -0.2) is 13.2 Å². The number of aliphatic carboxylic acids is 1. The van der Waals surface area contributed by atoms with E-state index in [4.69, 9.17) is 4.74 Å². The molecule has 5 nitrogen and oxygen atoms in total. The molecule has 0 aromatic rings. The Bertz CT molecular complexity index is 898. The minimum absolute atomic E-state index is 0.0208. The smallest absolute Gasteiger partial charge is 0.335 e. The first-order valence-corrected chi connectivity index (χ1v) is 12.5. The highest BCUT2D eigenvalue weighted by molar-refractivity contribution is 7.92. The summed E-state index contributed by atoms with van der Waals surface area (Å²) >= 11 is 0. The average molecular weight is 423 g/mol. The third kappa shape index (κ3) is 2.84. The Hall–Kier alpha value is -1.30. The van der Waals surface area contributed by atoms with Crippen LogP contribution in [0.15, 0.2) is 23.5 Å². The molecular weight excluding hydrogens is 388 g/mol. The molecule has 3 aliphatic carbocycles. The normalized spacial score (nSPS) is 45.0. The van der Waals surface area contributed by atoms with Crippen LogP contribution in [-0.4, -0.2) is 37.6 Å². The van der Waals surface area contributed by atoms with Crippen molar-refractivity contribution in [3.8, 4) is 0 Å². The van der Waals surface area contributed by atoms with Crippen LogP contribution >= 0.6 is 0 Å². The Morgan fingerprint density at radius 3 is 2.41 bits per heavy atom. The van der Waals surface area contributed by atoms with Crippen molar-refractivity contribution in [3.63, 3.8) is 0 Å². The van der Waals surface area contributed by atoms with Crippen LogP contribution in [0.25, 0.3) is 0 Å². The molecule has 3 fully saturated rings. The van der Waals surface area contributed by atoms with Gasteiger partial charge in [-0.05, 0) is 59.8 Å². The van der Waals surface area contributed by atoms with Gasteiger partial charge in [-0.2, -0.15) is 0 Å². The maximum atomic E-state index is 13.5. The Balaban J connectivity index is 1.86. The molecule has 29 heavy (non-hydrogen) atoms. The van der Waals surface area contributed by atoms with Crippen molar-refractivity contribution < 1.29 is 23.1 Å². The molecule has 162 valence electrons. The lowest BCUT2D eigenvalue weighted by Gasteiger charge is -2.66. The fraction of sp³-hybridized carbons (Fsp3) is 0.783. The minimum atomic E-state index is -3.49. The Kier molecular flexibility index (Phi) is 4.59. The number of sulfone groups is 1. The monoisotopic (exact) mass is 422 g/mol. The quantitative estimate of drug-likeness (QED) is 0.721. The molecule has 0 radical (unpaired) electrons. The summed E-state index contributed by atoms with van der Waals surface area (Å²) in [6, 6.07) is 0. The van der Waals surface area contributed by atoms with Crippen molar-refractivity contribution in [1.82, 2.24) is 0 Å². The van der Waals surface area contributed by atoms with Crippen molar-refractivity contribution in [2.75, 3.05) is 12.9 Å². The molecule has 2 saturated carbocycles. The second kappa shape index (κ2) is 6.35.